The lowest BCUT2D eigenvalue weighted by atomic mass is 10.3. The monoisotopic (exact) mass is 267 g/mol. The van der Waals surface area contributed by atoms with Crippen LogP contribution in [0.25, 0.3) is 0 Å². The number of nitrogen functional groups attached to an aromatic ring is 1. The summed E-state index contributed by atoms with van der Waals surface area (Å²) in [4.78, 5) is 0.198. The van der Waals surface area contributed by atoms with Crippen molar-refractivity contribution in [2.75, 3.05) is 12.3 Å². The van der Waals surface area contributed by atoms with Crippen LogP contribution in [0, 0.1) is 11.3 Å². The number of anilines is 1. The van der Waals surface area contributed by atoms with Gasteiger partial charge < -0.3 is 5.73 Å². The smallest absolute Gasteiger partial charge is 0.243 e. The molecule has 0 atom stereocenters. The van der Waals surface area contributed by atoms with E-state index in [1.165, 1.54) is 16.4 Å². The summed E-state index contributed by atoms with van der Waals surface area (Å²) in [7, 11) is -3.56. The van der Waals surface area contributed by atoms with E-state index in [1.807, 2.05) is 6.07 Å². The molecule has 6 heteroatoms. The highest BCUT2D eigenvalue weighted by atomic mass is 32.2. The van der Waals surface area contributed by atoms with Crippen molar-refractivity contribution >= 4 is 15.7 Å². The molecule has 0 aromatic heterocycles. The van der Waals surface area contributed by atoms with Gasteiger partial charge in [-0.1, -0.05) is 0 Å². The molecule has 0 bridgehead atoms. The molecule has 1 aromatic rings. The van der Waals surface area contributed by atoms with Crippen LogP contribution in [0.1, 0.15) is 20.3 Å². The SMILES string of the molecule is CC(C)N(CCC#N)S(=O)(=O)c1ccc(N)cc1. The first-order chi connectivity index (χ1) is 8.39. The van der Waals surface area contributed by atoms with Crippen molar-refractivity contribution in [1.29, 1.82) is 5.26 Å². The largest absolute Gasteiger partial charge is 0.399 e. The molecule has 0 unspecified atom stereocenters. The zero-order valence-electron chi connectivity index (χ0n) is 10.5. The average Bonchev–Trinajstić information content (AvgIpc) is 2.29. The lowest BCUT2D eigenvalue weighted by Crippen LogP contribution is -2.37. The van der Waals surface area contributed by atoms with Gasteiger partial charge in [0.2, 0.25) is 10.0 Å². The predicted molar refractivity (Wildman–Crippen MR) is 70.1 cm³/mol. The number of nitrogens with two attached hydrogens (primary N) is 1. The number of nitrogens with zero attached hydrogens (tertiary/aromatic N) is 2. The van der Waals surface area contributed by atoms with E-state index < -0.39 is 10.0 Å². The molecule has 2 N–H and O–H groups in total. The molecule has 0 saturated heterocycles. The third-order valence-electron chi connectivity index (χ3n) is 2.51. The van der Waals surface area contributed by atoms with Gasteiger partial charge in [-0.3, -0.25) is 0 Å². The van der Waals surface area contributed by atoms with Gasteiger partial charge in [-0.25, -0.2) is 8.42 Å². The van der Waals surface area contributed by atoms with Crippen molar-refractivity contribution in [2.24, 2.45) is 0 Å². The Morgan fingerprint density at radius 1 is 1.33 bits per heavy atom. The minimum atomic E-state index is -3.56. The molecule has 0 amide bonds. The normalized spacial score (nSPS) is 11.7. The Kier molecular flexibility index (Phi) is 4.70. The van der Waals surface area contributed by atoms with Crippen molar-refractivity contribution in [3.8, 4) is 6.07 Å². The Labute approximate surface area is 108 Å². The highest BCUT2D eigenvalue weighted by molar-refractivity contribution is 7.89. The first-order valence-corrected chi connectivity index (χ1v) is 7.08. The van der Waals surface area contributed by atoms with E-state index in [2.05, 4.69) is 0 Å². The molecule has 0 spiro atoms. The van der Waals surface area contributed by atoms with Crippen molar-refractivity contribution in [3.63, 3.8) is 0 Å². The fourth-order valence-electron chi connectivity index (χ4n) is 1.59. The zero-order valence-corrected chi connectivity index (χ0v) is 11.3. The molecule has 1 aromatic carbocycles. The molecule has 0 radical (unpaired) electrons. The number of hydrogen-bond donors (Lipinski definition) is 1. The molecular weight excluding hydrogens is 250 g/mol. The third kappa shape index (κ3) is 3.22. The first kappa shape index (κ1) is 14.5. The number of sulfonamides is 1. The maximum Gasteiger partial charge on any atom is 0.243 e. The minimum absolute atomic E-state index is 0.173. The highest BCUT2D eigenvalue weighted by Crippen LogP contribution is 2.19. The molecule has 1 rings (SSSR count). The number of nitriles is 1. The maximum absolute atomic E-state index is 12.4. The van der Waals surface area contributed by atoms with Crippen LogP contribution in [0.4, 0.5) is 5.69 Å². The topological polar surface area (TPSA) is 87.2 Å². The lowest BCUT2D eigenvalue weighted by Gasteiger charge is -2.24. The summed E-state index contributed by atoms with van der Waals surface area (Å²) in [6.07, 6.45) is 0.173. The minimum Gasteiger partial charge on any atom is -0.399 e. The number of rotatable bonds is 5. The van der Waals surface area contributed by atoms with Crippen LogP contribution < -0.4 is 5.73 Å². The van der Waals surface area contributed by atoms with E-state index in [1.54, 1.807) is 26.0 Å². The number of benzene rings is 1. The second kappa shape index (κ2) is 5.85. The van der Waals surface area contributed by atoms with Gasteiger partial charge in [-0.05, 0) is 38.1 Å². The van der Waals surface area contributed by atoms with E-state index in [-0.39, 0.29) is 23.9 Å². The summed E-state index contributed by atoms with van der Waals surface area (Å²) in [5, 5.41) is 8.58. The summed E-state index contributed by atoms with van der Waals surface area (Å²) in [6, 6.07) is 7.83. The van der Waals surface area contributed by atoms with Gasteiger partial charge in [0.05, 0.1) is 11.0 Å². The molecule has 0 saturated carbocycles. The average molecular weight is 267 g/mol. The molecule has 0 aliphatic heterocycles. The van der Waals surface area contributed by atoms with Crippen molar-refractivity contribution in [2.45, 2.75) is 31.2 Å². The van der Waals surface area contributed by atoms with Crippen molar-refractivity contribution in [1.82, 2.24) is 4.31 Å². The molecule has 98 valence electrons. The molecule has 0 fully saturated rings. The van der Waals surface area contributed by atoms with Crippen molar-refractivity contribution < 1.29 is 8.42 Å². The Morgan fingerprint density at radius 2 is 1.89 bits per heavy atom. The van der Waals surface area contributed by atoms with Crippen LogP contribution in [-0.2, 0) is 10.0 Å². The van der Waals surface area contributed by atoms with Gasteiger partial charge in [0.15, 0.2) is 0 Å². The summed E-state index contributed by atoms with van der Waals surface area (Å²) < 4.78 is 26.1. The van der Waals surface area contributed by atoms with E-state index in [0.29, 0.717) is 5.69 Å². The second-order valence-electron chi connectivity index (χ2n) is 4.19. The Balaban J connectivity index is 3.09. The van der Waals surface area contributed by atoms with Crippen LogP contribution in [0.2, 0.25) is 0 Å². The second-order valence-corrected chi connectivity index (χ2v) is 6.08. The van der Waals surface area contributed by atoms with Crippen LogP contribution >= 0.6 is 0 Å². The van der Waals surface area contributed by atoms with E-state index in [0.717, 1.165) is 0 Å². The molecular formula is C12H17N3O2S. The van der Waals surface area contributed by atoms with Gasteiger partial charge in [0.25, 0.3) is 0 Å². The van der Waals surface area contributed by atoms with Crippen molar-refractivity contribution in [3.05, 3.63) is 24.3 Å². The summed E-state index contributed by atoms with van der Waals surface area (Å²) in [5.74, 6) is 0. The summed E-state index contributed by atoms with van der Waals surface area (Å²) in [5.41, 5.74) is 6.05. The van der Waals surface area contributed by atoms with Crippen LogP contribution in [0.3, 0.4) is 0 Å². The molecule has 0 aliphatic rings. The van der Waals surface area contributed by atoms with Crippen LogP contribution in [0.5, 0.6) is 0 Å². The molecule has 0 aliphatic carbocycles. The Bertz CT molecular complexity index is 529. The van der Waals surface area contributed by atoms with Gasteiger partial charge in [-0.2, -0.15) is 9.57 Å². The maximum atomic E-state index is 12.4. The third-order valence-corrected chi connectivity index (χ3v) is 4.60. The zero-order chi connectivity index (χ0) is 13.8. The van der Waals surface area contributed by atoms with Gasteiger partial charge in [-0.15, -0.1) is 0 Å². The Hall–Kier alpha value is -1.58. The quantitative estimate of drug-likeness (QED) is 0.820. The van der Waals surface area contributed by atoms with Gasteiger partial charge in [0, 0.05) is 24.7 Å². The highest BCUT2D eigenvalue weighted by Gasteiger charge is 2.26. The summed E-state index contributed by atoms with van der Waals surface area (Å²) in [6.45, 7) is 3.76. The summed E-state index contributed by atoms with van der Waals surface area (Å²) >= 11 is 0. The van der Waals surface area contributed by atoms with E-state index in [4.69, 9.17) is 11.0 Å². The van der Waals surface area contributed by atoms with E-state index in [9.17, 15) is 8.42 Å². The molecule has 5 nitrogen and oxygen atoms in total. The number of hydrogen-bond acceptors (Lipinski definition) is 4. The fraction of sp³-hybridized carbons (Fsp3) is 0.417. The van der Waals surface area contributed by atoms with Crippen LogP contribution in [0.15, 0.2) is 29.2 Å². The van der Waals surface area contributed by atoms with E-state index >= 15 is 0 Å². The molecule has 0 heterocycles. The first-order valence-electron chi connectivity index (χ1n) is 5.64. The van der Waals surface area contributed by atoms with Gasteiger partial charge >= 0.3 is 0 Å². The standard InChI is InChI=1S/C12H17N3O2S/c1-10(2)15(9-3-8-13)18(16,17)12-6-4-11(14)5-7-12/h4-7,10H,3,9,14H2,1-2H3. The fourth-order valence-corrected chi connectivity index (χ4v) is 3.23. The van der Waals surface area contributed by atoms with Gasteiger partial charge in [0.1, 0.15) is 0 Å². The lowest BCUT2D eigenvalue weighted by molar-refractivity contribution is 0.360. The predicted octanol–water partition coefficient (Wildman–Crippen LogP) is 1.58. The van der Waals surface area contributed by atoms with Crippen LogP contribution in [-0.4, -0.2) is 25.3 Å². The molecule has 18 heavy (non-hydrogen) atoms. The Morgan fingerprint density at radius 3 is 2.33 bits per heavy atom.